The van der Waals surface area contributed by atoms with E-state index >= 15 is 0 Å². The van der Waals surface area contributed by atoms with Crippen molar-refractivity contribution in [1.82, 2.24) is 4.31 Å². The molecule has 0 saturated carbocycles. The van der Waals surface area contributed by atoms with Crippen molar-refractivity contribution in [3.63, 3.8) is 0 Å². The number of rotatable bonds is 5. The van der Waals surface area contributed by atoms with Crippen LogP contribution in [0.4, 0.5) is 5.69 Å². The van der Waals surface area contributed by atoms with Crippen molar-refractivity contribution in [2.24, 2.45) is 0 Å². The smallest absolute Gasteiger partial charge is 0.253 e. The number of hydrogen-bond donors (Lipinski definition) is 1. The summed E-state index contributed by atoms with van der Waals surface area (Å²) in [6.45, 7) is 1.60. The summed E-state index contributed by atoms with van der Waals surface area (Å²) in [5, 5.41) is 2.75. The molecule has 1 unspecified atom stereocenters. The number of hydrogen-bond acceptors (Lipinski definition) is 5. The molecular formula is C17H24N2O5S. The lowest BCUT2D eigenvalue weighted by Gasteiger charge is -2.26. The molecule has 0 radical (unpaired) electrons. The molecule has 1 N–H and O–H groups in total. The molecule has 2 heterocycles. The first-order chi connectivity index (χ1) is 12.0. The van der Waals surface area contributed by atoms with Gasteiger partial charge < -0.3 is 14.8 Å². The average Bonchev–Trinajstić information content (AvgIpc) is 3.17. The molecule has 25 heavy (non-hydrogen) atoms. The SMILES string of the molecule is COc1ccc(NC(=O)C2CCCO2)cc1S(=O)(=O)N1CCCCC1. The molecule has 1 atom stereocenters. The summed E-state index contributed by atoms with van der Waals surface area (Å²) in [5.41, 5.74) is 0.428. The summed E-state index contributed by atoms with van der Waals surface area (Å²) in [6, 6.07) is 4.68. The van der Waals surface area contributed by atoms with E-state index in [-0.39, 0.29) is 16.6 Å². The van der Waals surface area contributed by atoms with Gasteiger partial charge in [-0.3, -0.25) is 4.79 Å². The summed E-state index contributed by atoms with van der Waals surface area (Å²) >= 11 is 0. The van der Waals surface area contributed by atoms with E-state index in [0.717, 1.165) is 25.7 Å². The van der Waals surface area contributed by atoms with Gasteiger partial charge in [0.1, 0.15) is 16.7 Å². The van der Waals surface area contributed by atoms with Crippen LogP contribution < -0.4 is 10.1 Å². The number of methoxy groups -OCH3 is 1. The molecule has 0 spiro atoms. The number of benzene rings is 1. The Morgan fingerprint density at radius 3 is 2.64 bits per heavy atom. The van der Waals surface area contributed by atoms with Crippen molar-refractivity contribution < 1.29 is 22.7 Å². The van der Waals surface area contributed by atoms with Gasteiger partial charge in [-0.25, -0.2) is 8.42 Å². The van der Waals surface area contributed by atoms with Crippen molar-refractivity contribution in [3.05, 3.63) is 18.2 Å². The van der Waals surface area contributed by atoms with Gasteiger partial charge >= 0.3 is 0 Å². The molecule has 138 valence electrons. The molecule has 2 aliphatic heterocycles. The fraction of sp³-hybridized carbons (Fsp3) is 0.588. The number of sulfonamides is 1. The fourth-order valence-corrected chi connectivity index (χ4v) is 4.91. The Bertz CT molecular complexity index is 723. The first kappa shape index (κ1) is 18.2. The van der Waals surface area contributed by atoms with Crippen LogP contribution in [0.2, 0.25) is 0 Å². The predicted molar refractivity (Wildman–Crippen MR) is 93.2 cm³/mol. The van der Waals surface area contributed by atoms with Crippen LogP contribution in [0.3, 0.4) is 0 Å². The molecule has 2 fully saturated rings. The van der Waals surface area contributed by atoms with Crippen LogP contribution in [0.1, 0.15) is 32.1 Å². The standard InChI is InChI=1S/C17H24N2O5S/c1-23-14-8-7-13(18-17(20)15-6-5-11-24-15)12-16(14)25(21,22)19-9-3-2-4-10-19/h7-8,12,15H,2-6,9-11H2,1H3,(H,18,20). The van der Waals surface area contributed by atoms with Gasteiger partial charge in [-0.1, -0.05) is 6.42 Å². The molecule has 7 nitrogen and oxygen atoms in total. The third-order valence-corrected chi connectivity index (χ3v) is 6.51. The molecule has 8 heteroatoms. The second-order valence-corrected chi connectivity index (χ2v) is 8.23. The molecule has 0 bridgehead atoms. The second-order valence-electron chi connectivity index (χ2n) is 6.32. The maximum Gasteiger partial charge on any atom is 0.253 e. The highest BCUT2D eigenvalue weighted by Crippen LogP contribution is 2.31. The van der Waals surface area contributed by atoms with Crippen molar-refractivity contribution in [2.75, 3.05) is 32.1 Å². The number of ether oxygens (including phenoxy) is 2. The summed E-state index contributed by atoms with van der Waals surface area (Å²) < 4.78 is 38.0. The summed E-state index contributed by atoms with van der Waals surface area (Å²) in [4.78, 5) is 12.3. The van der Waals surface area contributed by atoms with Gasteiger partial charge in [0.2, 0.25) is 10.0 Å². The van der Waals surface area contributed by atoms with Gasteiger partial charge in [0.15, 0.2) is 0 Å². The minimum Gasteiger partial charge on any atom is -0.495 e. The van der Waals surface area contributed by atoms with E-state index in [1.54, 1.807) is 12.1 Å². The van der Waals surface area contributed by atoms with Crippen LogP contribution in [-0.4, -0.2) is 51.5 Å². The van der Waals surface area contributed by atoms with Crippen molar-refractivity contribution in [2.45, 2.75) is 43.1 Å². The zero-order valence-corrected chi connectivity index (χ0v) is 15.2. The zero-order valence-electron chi connectivity index (χ0n) is 14.4. The van der Waals surface area contributed by atoms with E-state index in [1.165, 1.54) is 17.5 Å². The van der Waals surface area contributed by atoms with Gasteiger partial charge in [0.05, 0.1) is 7.11 Å². The number of nitrogens with one attached hydrogen (secondary N) is 1. The second kappa shape index (κ2) is 7.72. The average molecular weight is 368 g/mol. The number of amides is 1. The maximum absolute atomic E-state index is 13.0. The largest absolute Gasteiger partial charge is 0.495 e. The maximum atomic E-state index is 13.0. The lowest BCUT2D eigenvalue weighted by atomic mass is 10.2. The molecule has 2 saturated heterocycles. The van der Waals surface area contributed by atoms with Gasteiger partial charge in [0.25, 0.3) is 5.91 Å². The summed E-state index contributed by atoms with van der Waals surface area (Å²) in [6.07, 6.45) is 3.83. The van der Waals surface area contributed by atoms with Gasteiger partial charge in [-0.2, -0.15) is 4.31 Å². The van der Waals surface area contributed by atoms with Crippen LogP contribution in [0, 0.1) is 0 Å². The van der Waals surface area contributed by atoms with Crippen LogP contribution in [0.5, 0.6) is 5.75 Å². The van der Waals surface area contributed by atoms with Crippen LogP contribution in [0.25, 0.3) is 0 Å². The van der Waals surface area contributed by atoms with Crippen LogP contribution in [-0.2, 0) is 19.6 Å². The van der Waals surface area contributed by atoms with Crippen molar-refractivity contribution >= 4 is 21.6 Å². The Kier molecular flexibility index (Phi) is 5.61. The van der Waals surface area contributed by atoms with Crippen LogP contribution >= 0.6 is 0 Å². The summed E-state index contributed by atoms with van der Waals surface area (Å²) in [5.74, 6) is 0.0321. The Hall–Kier alpha value is -1.64. The number of piperidine rings is 1. The molecule has 3 rings (SSSR count). The summed E-state index contributed by atoms with van der Waals surface area (Å²) in [7, 11) is -2.22. The Labute approximate surface area is 148 Å². The lowest BCUT2D eigenvalue weighted by molar-refractivity contribution is -0.124. The topological polar surface area (TPSA) is 84.9 Å². The van der Waals surface area contributed by atoms with E-state index in [0.29, 0.717) is 31.8 Å². The third-order valence-electron chi connectivity index (χ3n) is 4.59. The van der Waals surface area contributed by atoms with E-state index in [9.17, 15) is 13.2 Å². The van der Waals surface area contributed by atoms with Crippen molar-refractivity contribution in [3.8, 4) is 5.75 Å². The molecular weight excluding hydrogens is 344 g/mol. The monoisotopic (exact) mass is 368 g/mol. The number of anilines is 1. The van der Waals surface area contributed by atoms with E-state index in [2.05, 4.69) is 5.32 Å². The van der Waals surface area contributed by atoms with Crippen LogP contribution in [0.15, 0.2) is 23.1 Å². The van der Waals surface area contributed by atoms with Crippen molar-refractivity contribution in [1.29, 1.82) is 0 Å². The molecule has 0 aromatic heterocycles. The lowest BCUT2D eigenvalue weighted by Crippen LogP contribution is -2.35. The molecule has 1 amide bonds. The molecule has 0 aliphatic carbocycles. The first-order valence-electron chi connectivity index (χ1n) is 8.63. The van der Waals surface area contributed by atoms with E-state index < -0.39 is 16.1 Å². The number of nitrogens with zero attached hydrogens (tertiary/aromatic N) is 1. The number of carbonyl (C=O) groups is 1. The van der Waals surface area contributed by atoms with E-state index in [1.807, 2.05) is 0 Å². The van der Waals surface area contributed by atoms with Gasteiger partial charge in [-0.05, 0) is 43.9 Å². The Balaban J connectivity index is 1.85. The zero-order chi connectivity index (χ0) is 17.9. The molecule has 1 aromatic rings. The Morgan fingerprint density at radius 2 is 2.00 bits per heavy atom. The molecule has 1 aromatic carbocycles. The minimum atomic E-state index is -3.66. The highest BCUT2D eigenvalue weighted by molar-refractivity contribution is 7.89. The fourth-order valence-electron chi connectivity index (χ4n) is 3.21. The van der Waals surface area contributed by atoms with Gasteiger partial charge in [-0.15, -0.1) is 0 Å². The number of carbonyl (C=O) groups excluding carboxylic acids is 1. The first-order valence-corrected chi connectivity index (χ1v) is 10.1. The normalized spacial score (nSPS) is 21.9. The Morgan fingerprint density at radius 1 is 1.24 bits per heavy atom. The predicted octanol–water partition coefficient (Wildman–Crippen LogP) is 1.99. The minimum absolute atomic E-state index is 0.0852. The van der Waals surface area contributed by atoms with Gasteiger partial charge in [0, 0.05) is 25.4 Å². The quantitative estimate of drug-likeness (QED) is 0.859. The highest BCUT2D eigenvalue weighted by Gasteiger charge is 2.30. The third kappa shape index (κ3) is 3.96. The highest BCUT2D eigenvalue weighted by atomic mass is 32.2. The van der Waals surface area contributed by atoms with E-state index in [4.69, 9.17) is 9.47 Å². The molecule has 2 aliphatic rings.